The molecule has 0 aliphatic rings. The molecule has 33 heavy (non-hydrogen) atoms. The maximum Gasteiger partial charge on any atom is 0.344 e. The fraction of sp³-hybridized carbons (Fsp3) is 0.333. The van der Waals surface area contributed by atoms with Crippen molar-refractivity contribution in [1.29, 1.82) is 0 Å². The lowest BCUT2D eigenvalue weighted by atomic mass is 10.2. The lowest BCUT2D eigenvalue weighted by Crippen LogP contribution is -2.20. The summed E-state index contributed by atoms with van der Waals surface area (Å²) in [6, 6.07) is 12.4. The summed E-state index contributed by atoms with van der Waals surface area (Å²) in [7, 11) is 0. The van der Waals surface area contributed by atoms with Gasteiger partial charge in [-0.1, -0.05) is 17.7 Å². The Morgan fingerprint density at radius 3 is 2.33 bits per heavy atom. The van der Waals surface area contributed by atoms with Gasteiger partial charge in [0.2, 0.25) is 11.8 Å². The molecule has 0 saturated carbocycles. The van der Waals surface area contributed by atoms with Gasteiger partial charge in [0.05, 0.1) is 19.4 Å². The molecular weight excluding hydrogens is 426 g/mol. The van der Waals surface area contributed by atoms with Crippen LogP contribution >= 0.6 is 0 Å². The van der Waals surface area contributed by atoms with Crippen LogP contribution in [0.5, 0.6) is 11.5 Å². The third kappa shape index (κ3) is 9.42. The summed E-state index contributed by atoms with van der Waals surface area (Å²) in [5.41, 5.74) is 4.83. The molecule has 0 saturated heterocycles. The number of nitrogens with one attached hydrogen (secondary N) is 2. The summed E-state index contributed by atoms with van der Waals surface area (Å²) in [5.74, 6) is -0.279. The van der Waals surface area contributed by atoms with Crippen molar-refractivity contribution in [3.05, 3.63) is 53.6 Å². The van der Waals surface area contributed by atoms with Crippen LogP contribution in [-0.2, 0) is 19.1 Å². The Kier molecular flexibility index (Phi) is 10.4. The van der Waals surface area contributed by atoms with Crippen molar-refractivity contribution in [2.75, 3.05) is 25.1 Å². The molecular formula is C24H29N3O6. The van der Waals surface area contributed by atoms with Gasteiger partial charge in [0.15, 0.2) is 18.1 Å². The second kappa shape index (κ2) is 13.5. The van der Waals surface area contributed by atoms with Crippen LogP contribution in [0.2, 0.25) is 0 Å². The van der Waals surface area contributed by atoms with Gasteiger partial charge < -0.3 is 19.5 Å². The summed E-state index contributed by atoms with van der Waals surface area (Å²) in [6.45, 7) is 5.95. The number of amides is 2. The first kappa shape index (κ1) is 25.4. The van der Waals surface area contributed by atoms with Crippen LogP contribution in [0.15, 0.2) is 47.6 Å². The number of hydrogen-bond donors (Lipinski definition) is 2. The van der Waals surface area contributed by atoms with Gasteiger partial charge in [-0.05, 0) is 56.7 Å². The molecule has 2 rings (SSSR count). The van der Waals surface area contributed by atoms with E-state index < -0.39 is 5.97 Å². The van der Waals surface area contributed by atoms with Crippen LogP contribution in [0, 0.1) is 6.92 Å². The fourth-order valence-corrected chi connectivity index (χ4v) is 2.65. The van der Waals surface area contributed by atoms with Crippen molar-refractivity contribution in [2.45, 2.75) is 33.6 Å². The number of benzene rings is 2. The minimum atomic E-state index is -0.471. The lowest BCUT2D eigenvalue weighted by Gasteiger charge is -2.12. The first-order valence-corrected chi connectivity index (χ1v) is 10.6. The summed E-state index contributed by atoms with van der Waals surface area (Å²) >= 11 is 0. The molecule has 176 valence electrons. The van der Waals surface area contributed by atoms with Crippen LogP contribution in [0.1, 0.15) is 37.8 Å². The number of hydrogen-bond acceptors (Lipinski definition) is 7. The minimum absolute atomic E-state index is 0.000131. The lowest BCUT2D eigenvalue weighted by molar-refractivity contribution is -0.145. The summed E-state index contributed by atoms with van der Waals surface area (Å²) in [6.07, 6.45) is 1.48. The number of hydrazone groups is 1. The molecule has 0 unspecified atom stereocenters. The molecule has 9 nitrogen and oxygen atoms in total. The molecule has 0 bridgehead atoms. The Hall–Kier alpha value is -3.88. The highest BCUT2D eigenvalue weighted by Gasteiger charge is 2.10. The number of rotatable bonds is 12. The van der Waals surface area contributed by atoms with E-state index in [1.807, 2.05) is 26.0 Å². The molecule has 2 aromatic carbocycles. The number of carbonyl (C=O) groups excluding carboxylic acids is 3. The van der Waals surface area contributed by atoms with Crippen LogP contribution in [0.4, 0.5) is 5.69 Å². The third-order valence-corrected chi connectivity index (χ3v) is 4.24. The smallest absolute Gasteiger partial charge is 0.344 e. The average Bonchev–Trinajstić information content (AvgIpc) is 2.79. The third-order valence-electron chi connectivity index (χ3n) is 4.24. The number of anilines is 1. The highest BCUT2D eigenvalue weighted by Crippen LogP contribution is 2.28. The Morgan fingerprint density at radius 2 is 1.64 bits per heavy atom. The number of ether oxygens (including phenoxy) is 3. The van der Waals surface area contributed by atoms with Crippen LogP contribution in [0.25, 0.3) is 0 Å². The van der Waals surface area contributed by atoms with E-state index in [9.17, 15) is 14.4 Å². The van der Waals surface area contributed by atoms with Gasteiger partial charge in [0, 0.05) is 18.5 Å². The van der Waals surface area contributed by atoms with Crippen molar-refractivity contribution in [3.63, 3.8) is 0 Å². The van der Waals surface area contributed by atoms with Crippen molar-refractivity contribution in [1.82, 2.24) is 5.43 Å². The maximum atomic E-state index is 12.0. The summed E-state index contributed by atoms with van der Waals surface area (Å²) in [4.78, 5) is 35.4. The van der Waals surface area contributed by atoms with E-state index >= 15 is 0 Å². The second-order valence-electron chi connectivity index (χ2n) is 6.94. The maximum absolute atomic E-state index is 12.0. The zero-order valence-corrected chi connectivity index (χ0v) is 19.1. The number of carbonyl (C=O) groups is 3. The Morgan fingerprint density at radius 1 is 0.909 bits per heavy atom. The van der Waals surface area contributed by atoms with Gasteiger partial charge in [-0.2, -0.15) is 5.10 Å². The molecule has 0 fully saturated rings. The van der Waals surface area contributed by atoms with Gasteiger partial charge in [0.25, 0.3) is 0 Å². The van der Waals surface area contributed by atoms with Crippen molar-refractivity contribution < 1.29 is 28.6 Å². The summed E-state index contributed by atoms with van der Waals surface area (Å²) in [5, 5.41) is 6.66. The van der Waals surface area contributed by atoms with E-state index in [-0.39, 0.29) is 37.9 Å². The van der Waals surface area contributed by atoms with E-state index in [4.69, 9.17) is 14.2 Å². The van der Waals surface area contributed by atoms with E-state index in [0.29, 0.717) is 29.4 Å². The quantitative estimate of drug-likeness (QED) is 0.289. The molecule has 2 aromatic rings. The van der Waals surface area contributed by atoms with E-state index in [0.717, 1.165) is 5.56 Å². The van der Waals surface area contributed by atoms with Crippen LogP contribution < -0.4 is 20.2 Å². The monoisotopic (exact) mass is 455 g/mol. The van der Waals surface area contributed by atoms with Gasteiger partial charge >= 0.3 is 5.97 Å². The second-order valence-corrected chi connectivity index (χ2v) is 6.94. The number of aryl methyl sites for hydroxylation is 1. The largest absolute Gasteiger partial charge is 0.490 e. The van der Waals surface area contributed by atoms with Gasteiger partial charge in [-0.25, -0.2) is 10.2 Å². The number of nitrogens with zero attached hydrogens (tertiary/aromatic N) is 1. The minimum Gasteiger partial charge on any atom is -0.490 e. The highest BCUT2D eigenvalue weighted by atomic mass is 16.6. The van der Waals surface area contributed by atoms with E-state index in [1.54, 1.807) is 37.3 Å². The number of esters is 1. The van der Waals surface area contributed by atoms with Crippen LogP contribution in [-0.4, -0.2) is 43.8 Å². The van der Waals surface area contributed by atoms with Crippen molar-refractivity contribution in [2.24, 2.45) is 5.10 Å². The topological polar surface area (TPSA) is 115 Å². The Labute approximate surface area is 193 Å². The first-order valence-electron chi connectivity index (χ1n) is 10.6. The molecule has 0 heterocycles. The zero-order valence-electron chi connectivity index (χ0n) is 19.1. The molecule has 0 radical (unpaired) electrons. The first-order chi connectivity index (χ1) is 15.9. The van der Waals surface area contributed by atoms with Crippen molar-refractivity contribution in [3.8, 4) is 11.5 Å². The zero-order chi connectivity index (χ0) is 24.1. The SMILES string of the molecule is CCOC(=O)COc1ccc(C=NNC(=O)CCC(=O)Nc2ccc(C)cc2)cc1OCC. The molecule has 0 aliphatic heterocycles. The normalized spacial score (nSPS) is 10.5. The predicted molar refractivity (Wildman–Crippen MR) is 125 cm³/mol. The molecule has 2 amide bonds. The summed E-state index contributed by atoms with van der Waals surface area (Å²) < 4.78 is 15.8. The molecule has 0 atom stereocenters. The fourth-order valence-electron chi connectivity index (χ4n) is 2.65. The predicted octanol–water partition coefficient (Wildman–Crippen LogP) is 3.20. The van der Waals surface area contributed by atoms with Crippen molar-refractivity contribution >= 4 is 29.7 Å². The Bertz CT molecular complexity index is 973. The van der Waals surface area contributed by atoms with Gasteiger partial charge in [-0.3, -0.25) is 9.59 Å². The standard InChI is InChI=1S/C24H29N3O6/c1-4-31-21-14-18(8-11-20(21)33-16-24(30)32-5-2)15-25-27-23(29)13-12-22(28)26-19-9-6-17(3)7-10-19/h6-11,14-15H,4-5,12-13,16H2,1-3H3,(H,26,28)(H,27,29). The van der Waals surface area contributed by atoms with Crippen LogP contribution in [0.3, 0.4) is 0 Å². The average molecular weight is 456 g/mol. The molecule has 0 aliphatic carbocycles. The molecule has 9 heteroatoms. The Balaban J connectivity index is 1.83. The van der Waals surface area contributed by atoms with E-state index in [1.165, 1.54) is 6.21 Å². The highest BCUT2D eigenvalue weighted by molar-refractivity contribution is 5.93. The van der Waals surface area contributed by atoms with E-state index in [2.05, 4.69) is 15.8 Å². The van der Waals surface area contributed by atoms with Gasteiger partial charge in [-0.15, -0.1) is 0 Å². The molecule has 0 aromatic heterocycles. The van der Waals surface area contributed by atoms with Gasteiger partial charge in [0.1, 0.15) is 0 Å². The molecule has 2 N–H and O–H groups in total. The molecule has 0 spiro atoms.